The number of ether oxygens (including phenoxy) is 3. The largest absolute Gasteiger partial charge is 0.497 e. The number of fused-ring (bicyclic) bond motifs is 1. The zero-order valence-corrected chi connectivity index (χ0v) is 23.1. The molecule has 1 N–H and O–H groups in total. The Bertz CT molecular complexity index is 1420. The molecule has 208 valence electrons. The number of hydrogen-bond acceptors (Lipinski definition) is 7. The number of nitrogens with one attached hydrogen (secondary N) is 1. The van der Waals surface area contributed by atoms with Crippen molar-refractivity contribution in [3.8, 4) is 17.2 Å². The topological polar surface area (TPSA) is 97.4 Å². The first-order valence-corrected chi connectivity index (χ1v) is 13.2. The number of benzene rings is 3. The number of urea groups is 1. The van der Waals surface area contributed by atoms with Crippen LogP contribution in [0.15, 0.2) is 66.7 Å². The van der Waals surface area contributed by atoms with Crippen molar-refractivity contribution in [3.63, 3.8) is 0 Å². The predicted molar refractivity (Wildman–Crippen MR) is 150 cm³/mol. The Morgan fingerprint density at radius 1 is 0.900 bits per heavy atom. The summed E-state index contributed by atoms with van der Waals surface area (Å²) >= 11 is 0. The monoisotopic (exact) mass is 543 g/mol. The zero-order valence-electron chi connectivity index (χ0n) is 23.1. The van der Waals surface area contributed by atoms with Gasteiger partial charge in [-0.1, -0.05) is 30.3 Å². The van der Waals surface area contributed by atoms with Crippen LogP contribution in [0.25, 0.3) is 0 Å². The smallest absolute Gasteiger partial charge is 0.335 e. The van der Waals surface area contributed by atoms with Gasteiger partial charge in [0, 0.05) is 19.1 Å². The van der Waals surface area contributed by atoms with E-state index in [1.54, 1.807) is 57.7 Å². The highest BCUT2D eigenvalue weighted by atomic mass is 16.5. The fraction of sp³-hybridized carbons (Fsp3) is 0.323. The van der Waals surface area contributed by atoms with Crippen molar-refractivity contribution in [1.82, 2.24) is 10.2 Å². The molecule has 0 aliphatic carbocycles. The highest BCUT2D eigenvalue weighted by Crippen LogP contribution is 2.41. The van der Waals surface area contributed by atoms with E-state index < -0.39 is 23.3 Å². The van der Waals surface area contributed by atoms with Gasteiger partial charge in [-0.2, -0.15) is 0 Å². The lowest BCUT2D eigenvalue weighted by molar-refractivity contribution is -0.144. The van der Waals surface area contributed by atoms with Crippen LogP contribution in [0.3, 0.4) is 0 Å². The molecule has 1 fully saturated rings. The van der Waals surface area contributed by atoms with E-state index >= 15 is 0 Å². The number of barbiturate groups is 1. The van der Waals surface area contributed by atoms with Crippen molar-refractivity contribution in [2.24, 2.45) is 5.41 Å². The van der Waals surface area contributed by atoms with Crippen LogP contribution in [0.4, 0.5) is 10.5 Å². The third-order valence-corrected chi connectivity index (χ3v) is 7.93. The number of rotatable bonds is 8. The van der Waals surface area contributed by atoms with Crippen LogP contribution >= 0.6 is 0 Å². The van der Waals surface area contributed by atoms with Crippen LogP contribution in [0.5, 0.6) is 17.2 Å². The minimum Gasteiger partial charge on any atom is -0.497 e. The number of para-hydroxylation sites is 1. The number of carbonyl (C=O) groups is 3. The third-order valence-electron chi connectivity index (χ3n) is 7.93. The molecular formula is C31H33N3O6. The van der Waals surface area contributed by atoms with Gasteiger partial charge in [0.2, 0.25) is 5.91 Å². The highest BCUT2D eigenvalue weighted by molar-refractivity contribution is 6.30. The van der Waals surface area contributed by atoms with Gasteiger partial charge in [-0.25, -0.2) is 9.69 Å². The number of nitrogens with zero attached hydrogens (tertiary/aromatic N) is 2. The molecule has 9 nitrogen and oxygen atoms in total. The predicted octanol–water partition coefficient (Wildman–Crippen LogP) is 4.14. The summed E-state index contributed by atoms with van der Waals surface area (Å²) in [5.74, 6) is 0.806. The van der Waals surface area contributed by atoms with Crippen molar-refractivity contribution < 1.29 is 28.6 Å². The second kappa shape index (κ2) is 11.0. The Labute approximate surface area is 233 Å². The second-order valence-corrected chi connectivity index (χ2v) is 10.1. The Hall–Kier alpha value is -4.37. The molecule has 40 heavy (non-hydrogen) atoms. The van der Waals surface area contributed by atoms with Crippen molar-refractivity contribution in [3.05, 3.63) is 83.4 Å². The number of hydrogen-bond donors (Lipinski definition) is 1. The Kier molecular flexibility index (Phi) is 7.49. The molecule has 0 aromatic heterocycles. The van der Waals surface area contributed by atoms with Crippen LogP contribution in [-0.4, -0.2) is 57.2 Å². The van der Waals surface area contributed by atoms with Crippen molar-refractivity contribution >= 4 is 23.5 Å². The molecule has 2 unspecified atom stereocenters. The lowest BCUT2D eigenvalue weighted by atomic mass is 9.76. The van der Waals surface area contributed by atoms with E-state index in [0.717, 1.165) is 21.6 Å². The zero-order chi connectivity index (χ0) is 28.4. The van der Waals surface area contributed by atoms with Crippen molar-refractivity contribution in [2.45, 2.75) is 25.8 Å². The molecule has 2 aliphatic heterocycles. The summed E-state index contributed by atoms with van der Waals surface area (Å²) < 4.78 is 16.3. The molecule has 2 aliphatic rings. The first-order chi connectivity index (χ1) is 19.3. The van der Waals surface area contributed by atoms with Gasteiger partial charge in [-0.15, -0.1) is 0 Å². The maximum Gasteiger partial charge on any atom is 0.335 e. The van der Waals surface area contributed by atoms with Gasteiger partial charge in [0.25, 0.3) is 5.91 Å². The average Bonchev–Trinajstić information content (AvgIpc) is 2.97. The summed E-state index contributed by atoms with van der Waals surface area (Å²) in [5.41, 5.74) is 1.81. The quantitative estimate of drug-likeness (QED) is 0.427. The summed E-state index contributed by atoms with van der Waals surface area (Å²) in [6.07, 6.45) is 0.816. The summed E-state index contributed by atoms with van der Waals surface area (Å²) in [7, 11) is 4.79. The molecule has 4 amide bonds. The Morgan fingerprint density at radius 3 is 2.23 bits per heavy atom. The number of amides is 4. The summed E-state index contributed by atoms with van der Waals surface area (Å²) in [6, 6.07) is 19.0. The van der Waals surface area contributed by atoms with Gasteiger partial charge in [0.1, 0.15) is 11.2 Å². The normalized spacial score (nSPS) is 21.1. The van der Waals surface area contributed by atoms with Gasteiger partial charge in [-0.05, 0) is 72.9 Å². The molecule has 2 atom stereocenters. The van der Waals surface area contributed by atoms with Gasteiger partial charge in [0.05, 0.1) is 27.0 Å². The minimum absolute atomic E-state index is 0.111. The molecule has 9 heteroatoms. The molecule has 0 spiro atoms. The van der Waals surface area contributed by atoms with E-state index in [1.165, 1.54) is 0 Å². The Balaban J connectivity index is 1.56. The van der Waals surface area contributed by atoms with Gasteiger partial charge in [0.15, 0.2) is 11.5 Å². The average molecular weight is 544 g/mol. The van der Waals surface area contributed by atoms with E-state index in [0.29, 0.717) is 35.9 Å². The Morgan fingerprint density at radius 2 is 1.57 bits per heavy atom. The first-order valence-electron chi connectivity index (χ1n) is 13.2. The maximum absolute atomic E-state index is 14.4. The number of methoxy groups -OCH3 is 3. The standard InChI is InChI=1S/C31H33N3O6/c1-20-25-17-27(40-4)26(39-3)16-22(25)14-15-33(20)19-31(18-21-10-12-24(38-2)13-11-21)28(35)32-30(37)34(29(31)36)23-8-6-5-7-9-23/h5-13,16-17,20H,14-15,18-19H2,1-4H3,(H,32,35,37). The number of carbonyl (C=O) groups excluding carboxylic acids is 3. The fourth-order valence-electron chi connectivity index (χ4n) is 5.69. The van der Waals surface area contributed by atoms with Crippen LogP contribution in [0.2, 0.25) is 0 Å². The van der Waals surface area contributed by atoms with Gasteiger partial charge < -0.3 is 14.2 Å². The van der Waals surface area contributed by atoms with Crippen LogP contribution in [0.1, 0.15) is 29.7 Å². The van der Waals surface area contributed by atoms with E-state index in [-0.39, 0.29) is 19.0 Å². The van der Waals surface area contributed by atoms with Gasteiger partial charge in [-0.3, -0.25) is 19.8 Å². The summed E-state index contributed by atoms with van der Waals surface area (Å²) in [5, 5.41) is 2.49. The van der Waals surface area contributed by atoms with Crippen molar-refractivity contribution in [1.29, 1.82) is 0 Å². The van der Waals surface area contributed by atoms with E-state index in [9.17, 15) is 14.4 Å². The highest BCUT2D eigenvalue weighted by Gasteiger charge is 2.55. The van der Waals surface area contributed by atoms with E-state index in [4.69, 9.17) is 14.2 Å². The first kappa shape index (κ1) is 27.2. The molecule has 3 aromatic carbocycles. The molecule has 1 saturated heterocycles. The second-order valence-electron chi connectivity index (χ2n) is 10.1. The number of anilines is 1. The van der Waals surface area contributed by atoms with Crippen LogP contribution in [0, 0.1) is 5.41 Å². The third kappa shape index (κ3) is 4.77. The van der Waals surface area contributed by atoms with Crippen LogP contribution in [-0.2, 0) is 22.4 Å². The minimum atomic E-state index is -1.55. The molecule has 5 rings (SSSR count). The lowest BCUT2D eigenvalue weighted by Gasteiger charge is -2.45. The maximum atomic E-state index is 14.4. The summed E-state index contributed by atoms with van der Waals surface area (Å²) in [4.78, 5) is 44.4. The molecule has 0 radical (unpaired) electrons. The van der Waals surface area contributed by atoms with E-state index in [2.05, 4.69) is 17.1 Å². The lowest BCUT2D eigenvalue weighted by Crippen LogP contribution is -2.68. The molecule has 0 bridgehead atoms. The molecular weight excluding hydrogens is 510 g/mol. The number of imide groups is 2. The van der Waals surface area contributed by atoms with Gasteiger partial charge >= 0.3 is 6.03 Å². The van der Waals surface area contributed by atoms with Crippen molar-refractivity contribution in [2.75, 3.05) is 39.3 Å². The molecule has 0 saturated carbocycles. The summed E-state index contributed by atoms with van der Waals surface area (Å²) in [6.45, 7) is 2.79. The van der Waals surface area contributed by atoms with E-state index in [1.807, 2.05) is 30.3 Å². The SMILES string of the molecule is COc1ccc(CC2(CN3CCc4cc(OC)c(OC)cc4C3C)C(=O)NC(=O)N(c3ccccc3)C2=O)cc1. The molecule has 3 aromatic rings. The van der Waals surface area contributed by atoms with Crippen LogP contribution < -0.4 is 24.4 Å². The molecule has 2 heterocycles. The fourth-order valence-corrected chi connectivity index (χ4v) is 5.69.